The molecule has 2 heterocycles. The normalized spacial score (nSPS) is 20.2. The van der Waals surface area contributed by atoms with Crippen LogP contribution >= 0.6 is 0 Å². The van der Waals surface area contributed by atoms with Gasteiger partial charge in [-0.05, 0) is 59.2 Å². The Morgan fingerprint density at radius 1 is 1.28 bits per heavy atom. The lowest BCUT2D eigenvalue weighted by atomic mass is 10.00. The molecule has 1 atom stereocenters. The number of nitrogens with zero attached hydrogens (tertiary/aromatic N) is 3. The highest BCUT2D eigenvalue weighted by atomic mass is 15.3. The quantitative estimate of drug-likeness (QED) is 0.885. The monoisotopic (exact) mass is 248 g/mol. The molecule has 4 nitrogen and oxygen atoms in total. The van der Waals surface area contributed by atoms with Crippen LogP contribution in [0.1, 0.15) is 37.1 Å². The number of hydrogen-bond donors (Lipinski definition) is 1. The summed E-state index contributed by atoms with van der Waals surface area (Å²) in [6.45, 7) is 6.25. The standard InChI is InChI=1S/C14H24N4/c1-11-10-12(2)17-14(16-11)18-9-5-4-6-13(18)7-8-15-3/h10,13,15H,4-9H2,1-3H3. The second-order valence-electron chi connectivity index (χ2n) is 5.19. The van der Waals surface area contributed by atoms with Crippen LogP contribution < -0.4 is 10.2 Å². The zero-order chi connectivity index (χ0) is 13.0. The van der Waals surface area contributed by atoms with Gasteiger partial charge in [0.05, 0.1) is 0 Å². The average Bonchev–Trinajstić information content (AvgIpc) is 2.35. The molecular weight excluding hydrogens is 224 g/mol. The third-order valence-corrected chi connectivity index (χ3v) is 3.58. The van der Waals surface area contributed by atoms with E-state index in [1.807, 2.05) is 27.0 Å². The van der Waals surface area contributed by atoms with E-state index >= 15 is 0 Å². The summed E-state index contributed by atoms with van der Waals surface area (Å²) < 4.78 is 0. The van der Waals surface area contributed by atoms with Gasteiger partial charge in [-0.15, -0.1) is 0 Å². The van der Waals surface area contributed by atoms with Crippen molar-refractivity contribution in [2.24, 2.45) is 0 Å². The van der Waals surface area contributed by atoms with Crippen molar-refractivity contribution in [3.8, 4) is 0 Å². The van der Waals surface area contributed by atoms with Crippen LogP contribution in [0.3, 0.4) is 0 Å². The van der Waals surface area contributed by atoms with Crippen molar-refractivity contribution in [3.05, 3.63) is 17.5 Å². The second-order valence-corrected chi connectivity index (χ2v) is 5.19. The first kappa shape index (κ1) is 13.3. The van der Waals surface area contributed by atoms with Crippen LogP contribution in [0.2, 0.25) is 0 Å². The number of aryl methyl sites for hydroxylation is 2. The van der Waals surface area contributed by atoms with Crippen LogP contribution in [-0.2, 0) is 0 Å². The Morgan fingerprint density at radius 2 is 2.00 bits per heavy atom. The molecule has 1 aromatic heterocycles. The van der Waals surface area contributed by atoms with E-state index in [-0.39, 0.29) is 0 Å². The van der Waals surface area contributed by atoms with E-state index in [0.29, 0.717) is 6.04 Å². The Balaban J connectivity index is 2.16. The van der Waals surface area contributed by atoms with Crippen LogP contribution in [0.15, 0.2) is 6.07 Å². The third kappa shape index (κ3) is 3.19. The minimum atomic E-state index is 0.590. The van der Waals surface area contributed by atoms with Crippen molar-refractivity contribution in [1.29, 1.82) is 0 Å². The van der Waals surface area contributed by atoms with Crippen LogP contribution in [0.25, 0.3) is 0 Å². The molecule has 18 heavy (non-hydrogen) atoms. The topological polar surface area (TPSA) is 41.0 Å². The molecule has 0 aromatic carbocycles. The molecule has 0 radical (unpaired) electrons. The second kappa shape index (κ2) is 6.14. The zero-order valence-corrected chi connectivity index (χ0v) is 11.7. The Labute approximate surface area is 110 Å². The molecule has 1 unspecified atom stereocenters. The molecule has 1 aliphatic rings. The summed E-state index contributed by atoms with van der Waals surface area (Å²) >= 11 is 0. The number of aromatic nitrogens is 2. The molecule has 1 saturated heterocycles. The van der Waals surface area contributed by atoms with Crippen LogP contribution in [0.4, 0.5) is 5.95 Å². The van der Waals surface area contributed by atoms with Crippen LogP contribution in [-0.4, -0.2) is 36.1 Å². The lowest BCUT2D eigenvalue weighted by Gasteiger charge is -2.36. The molecule has 1 aromatic rings. The molecular formula is C14H24N4. The highest BCUT2D eigenvalue weighted by Crippen LogP contribution is 2.24. The van der Waals surface area contributed by atoms with E-state index in [9.17, 15) is 0 Å². The number of rotatable bonds is 4. The Hall–Kier alpha value is -1.16. The summed E-state index contributed by atoms with van der Waals surface area (Å²) in [7, 11) is 2.01. The first-order valence-electron chi connectivity index (χ1n) is 6.94. The maximum absolute atomic E-state index is 4.61. The van der Waals surface area contributed by atoms with Gasteiger partial charge in [-0.1, -0.05) is 0 Å². The Morgan fingerprint density at radius 3 is 2.67 bits per heavy atom. The SMILES string of the molecule is CNCCC1CCCCN1c1nc(C)cc(C)n1. The molecule has 0 amide bonds. The molecule has 0 saturated carbocycles. The van der Waals surface area contributed by atoms with Gasteiger partial charge in [0.15, 0.2) is 0 Å². The number of anilines is 1. The van der Waals surface area contributed by atoms with Crippen LogP contribution in [0, 0.1) is 13.8 Å². The molecule has 2 rings (SSSR count). The summed E-state index contributed by atoms with van der Waals surface area (Å²) in [5.41, 5.74) is 2.13. The van der Waals surface area contributed by atoms with E-state index in [1.54, 1.807) is 0 Å². The number of nitrogens with one attached hydrogen (secondary N) is 1. The lowest BCUT2D eigenvalue weighted by Crippen LogP contribution is -2.42. The fourth-order valence-electron chi connectivity index (χ4n) is 2.71. The zero-order valence-electron chi connectivity index (χ0n) is 11.7. The maximum Gasteiger partial charge on any atom is 0.226 e. The van der Waals surface area contributed by atoms with E-state index < -0.39 is 0 Å². The molecule has 0 spiro atoms. The molecule has 1 fully saturated rings. The van der Waals surface area contributed by atoms with Gasteiger partial charge in [0.1, 0.15) is 0 Å². The van der Waals surface area contributed by atoms with Gasteiger partial charge in [0, 0.05) is 24.0 Å². The van der Waals surface area contributed by atoms with Gasteiger partial charge >= 0.3 is 0 Å². The molecule has 100 valence electrons. The first-order valence-corrected chi connectivity index (χ1v) is 6.94. The minimum absolute atomic E-state index is 0.590. The molecule has 0 bridgehead atoms. The highest BCUT2D eigenvalue weighted by molar-refractivity contribution is 5.34. The smallest absolute Gasteiger partial charge is 0.226 e. The summed E-state index contributed by atoms with van der Waals surface area (Å²) in [6, 6.07) is 2.63. The summed E-state index contributed by atoms with van der Waals surface area (Å²) in [5.74, 6) is 0.924. The maximum atomic E-state index is 4.61. The fourth-order valence-corrected chi connectivity index (χ4v) is 2.71. The first-order chi connectivity index (χ1) is 8.70. The van der Waals surface area contributed by atoms with Gasteiger partial charge in [0.25, 0.3) is 0 Å². The van der Waals surface area contributed by atoms with Crippen molar-refractivity contribution in [3.63, 3.8) is 0 Å². The van der Waals surface area contributed by atoms with Crippen molar-refractivity contribution in [2.45, 2.75) is 45.6 Å². The largest absolute Gasteiger partial charge is 0.338 e. The number of hydrogen-bond acceptors (Lipinski definition) is 4. The average molecular weight is 248 g/mol. The molecule has 1 aliphatic heterocycles. The van der Waals surface area contributed by atoms with E-state index in [1.165, 1.54) is 25.7 Å². The minimum Gasteiger partial charge on any atom is -0.338 e. The van der Waals surface area contributed by atoms with Gasteiger partial charge in [-0.2, -0.15) is 0 Å². The van der Waals surface area contributed by atoms with Crippen molar-refractivity contribution >= 4 is 5.95 Å². The predicted octanol–water partition coefficient (Wildman–Crippen LogP) is 2.06. The van der Waals surface area contributed by atoms with E-state index in [2.05, 4.69) is 20.2 Å². The summed E-state index contributed by atoms with van der Waals surface area (Å²) in [5, 5.41) is 3.24. The number of piperidine rings is 1. The van der Waals surface area contributed by atoms with Crippen LogP contribution in [0.5, 0.6) is 0 Å². The predicted molar refractivity (Wildman–Crippen MR) is 75.0 cm³/mol. The van der Waals surface area contributed by atoms with Crippen molar-refractivity contribution in [1.82, 2.24) is 15.3 Å². The summed E-state index contributed by atoms with van der Waals surface area (Å²) in [6.07, 6.45) is 5.02. The summed E-state index contributed by atoms with van der Waals surface area (Å²) in [4.78, 5) is 11.6. The molecule has 4 heteroatoms. The van der Waals surface area contributed by atoms with Gasteiger partial charge in [-0.3, -0.25) is 0 Å². The van der Waals surface area contributed by atoms with E-state index in [0.717, 1.165) is 30.4 Å². The Kier molecular flexibility index (Phi) is 4.53. The molecule has 1 N–H and O–H groups in total. The third-order valence-electron chi connectivity index (χ3n) is 3.58. The van der Waals surface area contributed by atoms with Crippen molar-refractivity contribution in [2.75, 3.05) is 25.0 Å². The highest BCUT2D eigenvalue weighted by Gasteiger charge is 2.24. The molecule has 0 aliphatic carbocycles. The van der Waals surface area contributed by atoms with E-state index in [4.69, 9.17) is 0 Å². The van der Waals surface area contributed by atoms with Crippen molar-refractivity contribution < 1.29 is 0 Å². The van der Waals surface area contributed by atoms with Gasteiger partial charge < -0.3 is 10.2 Å². The fraction of sp³-hybridized carbons (Fsp3) is 0.714. The lowest BCUT2D eigenvalue weighted by molar-refractivity contribution is 0.427. The van der Waals surface area contributed by atoms with Gasteiger partial charge in [0.2, 0.25) is 5.95 Å². The Bertz CT molecular complexity index is 371. The van der Waals surface area contributed by atoms with Gasteiger partial charge in [-0.25, -0.2) is 9.97 Å².